The fourth-order valence-electron chi connectivity index (χ4n) is 0.658. The van der Waals surface area contributed by atoms with Gasteiger partial charge in [-0.25, -0.2) is 0 Å². The van der Waals surface area contributed by atoms with Gasteiger partial charge in [-0.15, -0.1) is 0 Å². The Bertz CT molecular complexity index is 193. The number of nitrogens with zero attached hydrogens (tertiary/aromatic N) is 1. The molecular formula is C11H19N. The largest absolute Gasteiger partial charge is 0.383 e. The predicted molar refractivity (Wildman–Crippen MR) is 56.0 cm³/mol. The van der Waals surface area contributed by atoms with Crippen molar-refractivity contribution in [3.8, 4) is 0 Å². The summed E-state index contributed by atoms with van der Waals surface area (Å²) in [6.07, 6.45) is 7.19. The SMILES string of the molecule is C=C(/C=C\N(C)C)CC=C(C)C. The van der Waals surface area contributed by atoms with Crippen molar-refractivity contribution in [3.63, 3.8) is 0 Å². The number of hydrogen-bond acceptors (Lipinski definition) is 1. The summed E-state index contributed by atoms with van der Waals surface area (Å²) in [7, 11) is 4.01. The lowest BCUT2D eigenvalue weighted by Crippen LogP contribution is -1.99. The minimum Gasteiger partial charge on any atom is -0.383 e. The lowest BCUT2D eigenvalue weighted by molar-refractivity contribution is 0.563. The molecule has 0 fully saturated rings. The molecule has 68 valence electrons. The maximum absolute atomic E-state index is 3.94. The average molecular weight is 165 g/mol. The molecule has 0 saturated heterocycles. The predicted octanol–water partition coefficient (Wildman–Crippen LogP) is 2.97. The zero-order valence-electron chi connectivity index (χ0n) is 8.59. The Balaban J connectivity index is 3.83. The van der Waals surface area contributed by atoms with Crippen molar-refractivity contribution < 1.29 is 0 Å². The topological polar surface area (TPSA) is 3.24 Å². The van der Waals surface area contributed by atoms with E-state index >= 15 is 0 Å². The highest BCUT2D eigenvalue weighted by atomic mass is 15.0. The molecule has 0 aromatic rings. The van der Waals surface area contributed by atoms with Gasteiger partial charge in [0, 0.05) is 14.1 Å². The number of allylic oxidation sites excluding steroid dienone is 4. The fraction of sp³-hybridized carbons (Fsp3) is 0.455. The first-order valence-corrected chi connectivity index (χ1v) is 4.18. The van der Waals surface area contributed by atoms with Crippen molar-refractivity contribution in [2.24, 2.45) is 0 Å². The second-order valence-electron chi connectivity index (χ2n) is 3.42. The van der Waals surface area contributed by atoms with Crippen LogP contribution in [0.5, 0.6) is 0 Å². The number of hydrogen-bond donors (Lipinski definition) is 0. The van der Waals surface area contributed by atoms with E-state index in [0.717, 1.165) is 12.0 Å². The van der Waals surface area contributed by atoms with E-state index in [1.54, 1.807) is 0 Å². The summed E-state index contributed by atoms with van der Waals surface area (Å²) >= 11 is 0. The molecular weight excluding hydrogens is 146 g/mol. The maximum Gasteiger partial charge on any atom is 0.00556 e. The van der Waals surface area contributed by atoms with Crippen LogP contribution in [0, 0.1) is 0 Å². The van der Waals surface area contributed by atoms with Crippen LogP contribution in [0.1, 0.15) is 20.3 Å². The molecule has 0 atom stereocenters. The highest BCUT2D eigenvalue weighted by Gasteiger charge is 1.85. The molecule has 1 heteroatoms. The molecule has 0 unspecified atom stereocenters. The summed E-state index contributed by atoms with van der Waals surface area (Å²) in [5.41, 5.74) is 2.49. The van der Waals surface area contributed by atoms with Crippen LogP contribution >= 0.6 is 0 Å². The van der Waals surface area contributed by atoms with Crippen molar-refractivity contribution in [1.29, 1.82) is 0 Å². The van der Waals surface area contributed by atoms with Crippen LogP contribution in [0.4, 0.5) is 0 Å². The van der Waals surface area contributed by atoms with Gasteiger partial charge in [-0.2, -0.15) is 0 Å². The molecule has 0 aliphatic rings. The Kier molecular flexibility index (Phi) is 5.18. The van der Waals surface area contributed by atoms with Crippen molar-refractivity contribution in [2.45, 2.75) is 20.3 Å². The molecule has 0 radical (unpaired) electrons. The maximum atomic E-state index is 3.94. The molecule has 0 aliphatic carbocycles. The van der Waals surface area contributed by atoms with Crippen molar-refractivity contribution >= 4 is 0 Å². The minimum atomic E-state index is 0.951. The Morgan fingerprint density at radius 1 is 1.33 bits per heavy atom. The van der Waals surface area contributed by atoms with E-state index < -0.39 is 0 Å². The van der Waals surface area contributed by atoms with Crippen molar-refractivity contribution in [2.75, 3.05) is 14.1 Å². The molecule has 0 aromatic heterocycles. The summed E-state index contributed by atoms with van der Waals surface area (Å²) in [6.45, 7) is 8.14. The minimum absolute atomic E-state index is 0.951. The van der Waals surface area contributed by atoms with Gasteiger partial charge in [-0.05, 0) is 38.1 Å². The van der Waals surface area contributed by atoms with E-state index in [1.807, 2.05) is 31.3 Å². The molecule has 0 heterocycles. The van der Waals surface area contributed by atoms with Gasteiger partial charge in [-0.3, -0.25) is 0 Å². The van der Waals surface area contributed by atoms with E-state index in [-0.39, 0.29) is 0 Å². The molecule has 0 rings (SSSR count). The van der Waals surface area contributed by atoms with E-state index in [2.05, 4.69) is 26.5 Å². The van der Waals surface area contributed by atoms with Crippen LogP contribution in [0.2, 0.25) is 0 Å². The zero-order valence-corrected chi connectivity index (χ0v) is 8.59. The molecule has 0 bridgehead atoms. The normalized spacial score (nSPS) is 10.0. The third kappa shape index (κ3) is 7.13. The van der Waals surface area contributed by atoms with Crippen LogP contribution in [-0.2, 0) is 0 Å². The second-order valence-corrected chi connectivity index (χ2v) is 3.42. The lowest BCUT2D eigenvalue weighted by Gasteiger charge is -2.03. The Hall–Kier alpha value is -0.980. The first-order valence-electron chi connectivity index (χ1n) is 4.18. The molecule has 1 nitrogen and oxygen atoms in total. The monoisotopic (exact) mass is 165 g/mol. The Labute approximate surface area is 76.1 Å². The third-order valence-corrected chi connectivity index (χ3v) is 1.38. The molecule has 0 spiro atoms. The molecule has 0 saturated carbocycles. The van der Waals surface area contributed by atoms with Crippen molar-refractivity contribution in [1.82, 2.24) is 4.90 Å². The summed E-state index contributed by atoms with van der Waals surface area (Å²) < 4.78 is 0. The Morgan fingerprint density at radius 2 is 1.92 bits per heavy atom. The van der Waals surface area contributed by atoms with Gasteiger partial charge in [0.25, 0.3) is 0 Å². The van der Waals surface area contributed by atoms with Crippen molar-refractivity contribution in [3.05, 3.63) is 36.1 Å². The first-order chi connectivity index (χ1) is 5.52. The summed E-state index contributed by atoms with van der Waals surface area (Å²) in [6, 6.07) is 0. The standard InChI is InChI=1S/C11H19N/c1-10(2)6-7-11(3)8-9-12(4)5/h6,8-9H,3,7H2,1-2,4-5H3/b9-8-. The van der Waals surface area contributed by atoms with Crippen LogP contribution < -0.4 is 0 Å². The van der Waals surface area contributed by atoms with Crippen LogP contribution in [0.15, 0.2) is 36.1 Å². The zero-order chi connectivity index (χ0) is 9.56. The van der Waals surface area contributed by atoms with Gasteiger partial charge in [0.05, 0.1) is 0 Å². The average Bonchev–Trinajstić information content (AvgIpc) is 1.96. The molecule has 0 N–H and O–H groups in total. The smallest absolute Gasteiger partial charge is 0.00556 e. The molecule has 0 aromatic carbocycles. The molecule has 0 amide bonds. The van der Waals surface area contributed by atoms with Gasteiger partial charge < -0.3 is 4.90 Å². The second kappa shape index (κ2) is 5.64. The summed E-state index contributed by atoms with van der Waals surface area (Å²) in [4.78, 5) is 2.01. The highest BCUT2D eigenvalue weighted by molar-refractivity contribution is 5.18. The van der Waals surface area contributed by atoms with E-state index in [1.165, 1.54) is 5.57 Å². The fourth-order valence-corrected chi connectivity index (χ4v) is 0.658. The summed E-state index contributed by atoms with van der Waals surface area (Å²) in [5.74, 6) is 0. The van der Waals surface area contributed by atoms with Gasteiger partial charge in [-0.1, -0.05) is 18.2 Å². The molecule has 12 heavy (non-hydrogen) atoms. The van der Waals surface area contributed by atoms with E-state index in [9.17, 15) is 0 Å². The molecule has 0 aliphatic heterocycles. The van der Waals surface area contributed by atoms with Gasteiger partial charge in [0.2, 0.25) is 0 Å². The van der Waals surface area contributed by atoms with Gasteiger partial charge >= 0.3 is 0 Å². The number of rotatable bonds is 4. The Morgan fingerprint density at radius 3 is 2.33 bits per heavy atom. The van der Waals surface area contributed by atoms with Gasteiger partial charge in [0.1, 0.15) is 0 Å². The lowest BCUT2D eigenvalue weighted by atomic mass is 10.1. The van der Waals surface area contributed by atoms with Crippen LogP contribution in [0.3, 0.4) is 0 Å². The van der Waals surface area contributed by atoms with E-state index in [4.69, 9.17) is 0 Å². The first kappa shape index (κ1) is 11.0. The highest BCUT2D eigenvalue weighted by Crippen LogP contribution is 2.03. The van der Waals surface area contributed by atoms with Crippen LogP contribution in [0.25, 0.3) is 0 Å². The van der Waals surface area contributed by atoms with Gasteiger partial charge in [0.15, 0.2) is 0 Å². The quantitative estimate of drug-likeness (QED) is 0.457. The summed E-state index contributed by atoms with van der Waals surface area (Å²) in [5, 5.41) is 0. The van der Waals surface area contributed by atoms with E-state index in [0.29, 0.717) is 0 Å². The third-order valence-electron chi connectivity index (χ3n) is 1.38. The van der Waals surface area contributed by atoms with Crippen LogP contribution in [-0.4, -0.2) is 19.0 Å².